The fourth-order valence-corrected chi connectivity index (χ4v) is 2.93. The lowest BCUT2D eigenvalue weighted by Gasteiger charge is -2.18. The van der Waals surface area contributed by atoms with Crippen molar-refractivity contribution in [1.29, 1.82) is 0 Å². The highest BCUT2D eigenvalue weighted by molar-refractivity contribution is 4.91. The molecule has 0 radical (unpaired) electrons. The van der Waals surface area contributed by atoms with Crippen molar-refractivity contribution >= 4 is 0 Å². The summed E-state index contributed by atoms with van der Waals surface area (Å²) in [5.41, 5.74) is 0. The molecule has 1 N–H and O–H groups in total. The second kappa shape index (κ2) is 6.14. The van der Waals surface area contributed by atoms with Crippen molar-refractivity contribution in [3.63, 3.8) is 0 Å². The smallest absolute Gasteiger partial charge is 0.147 e. The average Bonchev–Trinajstić information content (AvgIpc) is 2.90. The van der Waals surface area contributed by atoms with E-state index in [0.29, 0.717) is 13.4 Å². The minimum absolute atomic E-state index is 0.0804. The van der Waals surface area contributed by atoms with E-state index in [1.54, 1.807) is 0 Å². The van der Waals surface area contributed by atoms with Gasteiger partial charge < -0.3 is 19.3 Å². The van der Waals surface area contributed by atoms with Gasteiger partial charge in [-0.25, -0.2) is 0 Å². The molecule has 0 aliphatic carbocycles. The van der Waals surface area contributed by atoms with E-state index in [-0.39, 0.29) is 30.3 Å². The van der Waals surface area contributed by atoms with E-state index in [2.05, 4.69) is 13.8 Å². The highest BCUT2D eigenvalue weighted by atomic mass is 16.7. The molecule has 2 aliphatic rings. The van der Waals surface area contributed by atoms with Gasteiger partial charge in [0.05, 0.1) is 31.0 Å². The third kappa shape index (κ3) is 2.99. The monoisotopic (exact) mass is 244 g/mol. The summed E-state index contributed by atoms with van der Waals surface area (Å²) in [6.07, 6.45) is 3.74. The minimum Gasteiger partial charge on any atom is -0.390 e. The Bertz CT molecular complexity index is 227. The van der Waals surface area contributed by atoms with E-state index in [1.165, 1.54) is 0 Å². The van der Waals surface area contributed by atoms with Crippen molar-refractivity contribution < 1.29 is 19.3 Å². The Balaban J connectivity index is 1.89. The standard InChI is InChI=1S/C13H24O4/c1-3-5-11-10(4-2)13(14)12(17-11)6-9-7-15-8-16-9/h9-14H,3-8H2,1-2H3/t9-,10-,11-,12+,13+/m0/s1. The lowest BCUT2D eigenvalue weighted by molar-refractivity contribution is -0.0281. The maximum absolute atomic E-state index is 10.3. The van der Waals surface area contributed by atoms with Crippen molar-refractivity contribution in [2.75, 3.05) is 13.4 Å². The number of rotatable bonds is 5. The van der Waals surface area contributed by atoms with E-state index in [0.717, 1.165) is 25.7 Å². The number of aliphatic hydroxyl groups excluding tert-OH is 1. The van der Waals surface area contributed by atoms with Crippen LogP contribution in [-0.2, 0) is 14.2 Å². The largest absolute Gasteiger partial charge is 0.390 e. The van der Waals surface area contributed by atoms with E-state index >= 15 is 0 Å². The Kier molecular flexibility index (Phi) is 4.79. The molecule has 0 bridgehead atoms. The Morgan fingerprint density at radius 1 is 1.24 bits per heavy atom. The molecule has 2 rings (SSSR count). The fraction of sp³-hybridized carbons (Fsp3) is 1.00. The maximum atomic E-state index is 10.3. The molecule has 0 aromatic carbocycles. The topological polar surface area (TPSA) is 47.9 Å². The Morgan fingerprint density at radius 3 is 2.65 bits per heavy atom. The molecule has 0 aromatic heterocycles. The van der Waals surface area contributed by atoms with E-state index in [1.807, 2.05) is 0 Å². The minimum atomic E-state index is -0.347. The molecule has 2 aliphatic heterocycles. The Labute approximate surface area is 103 Å². The van der Waals surface area contributed by atoms with Crippen LogP contribution in [0, 0.1) is 5.92 Å². The van der Waals surface area contributed by atoms with Crippen LogP contribution in [0.15, 0.2) is 0 Å². The van der Waals surface area contributed by atoms with Crippen LogP contribution < -0.4 is 0 Å². The lowest BCUT2D eigenvalue weighted by Crippen LogP contribution is -2.30. The summed E-state index contributed by atoms with van der Waals surface area (Å²) in [4.78, 5) is 0. The van der Waals surface area contributed by atoms with E-state index in [9.17, 15) is 5.11 Å². The molecule has 2 fully saturated rings. The van der Waals surface area contributed by atoms with Gasteiger partial charge in [0.1, 0.15) is 6.79 Å². The van der Waals surface area contributed by atoms with Gasteiger partial charge in [0.2, 0.25) is 0 Å². The molecule has 0 amide bonds. The summed E-state index contributed by atoms with van der Waals surface area (Å²) in [5.74, 6) is 0.280. The van der Waals surface area contributed by atoms with Crippen LogP contribution in [0.3, 0.4) is 0 Å². The second-order valence-corrected chi connectivity index (χ2v) is 5.08. The highest BCUT2D eigenvalue weighted by Gasteiger charge is 2.42. The second-order valence-electron chi connectivity index (χ2n) is 5.08. The van der Waals surface area contributed by atoms with Crippen LogP contribution in [0.1, 0.15) is 39.5 Å². The zero-order valence-corrected chi connectivity index (χ0v) is 10.8. The first-order valence-electron chi connectivity index (χ1n) is 6.79. The predicted molar refractivity (Wildman–Crippen MR) is 63.7 cm³/mol. The lowest BCUT2D eigenvalue weighted by atomic mass is 9.90. The predicted octanol–water partition coefficient (Wildman–Crippen LogP) is 1.70. The summed E-state index contributed by atoms with van der Waals surface area (Å²) in [6, 6.07) is 0. The molecule has 0 saturated carbocycles. The maximum Gasteiger partial charge on any atom is 0.147 e. The van der Waals surface area contributed by atoms with Gasteiger partial charge >= 0.3 is 0 Å². The number of aliphatic hydroxyl groups is 1. The normalized spacial score (nSPS) is 42.2. The molecule has 0 spiro atoms. The Hall–Kier alpha value is -0.160. The molecule has 100 valence electrons. The fourth-order valence-electron chi connectivity index (χ4n) is 2.93. The van der Waals surface area contributed by atoms with Crippen LogP contribution in [0.2, 0.25) is 0 Å². The van der Waals surface area contributed by atoms with Crippen molar-refractivity contribution in [1.82, 2.24) is 0 Å². The van der Waals surface area contributed by atoms with Crippen LogP contribution in [0.5, 0.6) is 0 Å². The first-order valence-corrected chi connectivity index (χ1v) is 6.79. The van der Waals surface area contributed by atoms with Gasteiger partial charge in [0.25, 0.3) is 0 Å². The molecule has 4 heteroatoms. The molecular formula is C13H24O4. The molecule has 5 atom stereocenters. The number of hydrogen-bond donors (Lipinski definition) is 1. The van der Waals surface area contributed by atoms with Crippen LogP contribution in [-0.4, -0.2) is 42.9 Å². The molecule has 2 saturated heterocycles. The summed E-state index contributed by atoms with van der Waals surface area (Å²) >= 11 is 0. The molecule has 0 unspecified atom stereocenters. The Morgan fingerprint density at radius 2 is 2.06 bits per heavy atom. The van der Waals surface area contributed by atoms with Crippen LogP contribution in [0.25, 0.3) is 0 Å². The SMILES string of the molecule is CCC[C@@H]1O[C@H](C[C@H]2COCO2)[C@H](O)[C@H]1CC. The van der Waals surface area contributed by atoms with Gasteiger partial charge in [-0.15, -0.1) is 0 Å². The third-order valence-electron chi connectivity index (χ3n) is 3.88. The van der Waals surface area contributed by atoms with Gasteiger partial charge in [0.15, 0.2) is 0 Å². The van der Waals surface area contributed by atoms with Crippen molar-refractivity contribution in [2.24, 2.45) is 5.92 Å². The summed E-state index contributed by atoms with van der Waals surface area (Å²) in [6.45, 7) is 5.28. The summed E-state index contributed by atoms with van der Waals surface area (Å²) in [5, 5.41) is 10.3. The summed E-state index contributed by atoms with van der Waals surface area (Å²) < 4.78 is 16.6. The quantitative estimate of drug-likeness (QED) is 0.799. The molecule has 2 heterocycles. The zero-order chi connectivity index (χ0) is 12.3. The highest BCUT2D eigenvalue weighted by Crippen LogP contribution is 2.34. The number of hydrogen-bond acceptors (Lipinski definition) is 4. The first-order chi connectivity index (χ1) is 8.26. The van der Waals surface area contributed by atoms with Crippen molar-refractivity contribution in [3.8, 4) is 0 Å². The van der Waals surface area contributed by atoms with Gasteiger partial charge in [-0.05, 0) is 12.8 Å². The average molecular weight is 244 g/mol. The van der Waals surface area contributed by atoms with E-state index < -0.39 is 0 Å². The van der Waals surface area contributed by atoms with Crippen LogP contribution >= 0.6 is 0 Å². The van der Waals surface area contributed by atoms with Crippen molar-refractivity contribution in [2.45, 2.75) is 63.9 Å². The summed E-state index contributed by atoms with van der Waals surface area (Å²) in [7, 11) is 0. The molecule has 17 heavy (non-hydrogen) atoms. The first kappa shape index (κ1) is 13.3. The molecular weight excluding hydrogens is 220 g/mol. The third-order valence-corrected chi connectivity index (χ3v) is 3.88. The number of ether oxygens (including phenoxy) is 3. The zero-order valence-electron chi connectivity index (χ0n) is 10.8. The van der Waals surface area contributed by atoms with E-state index in [4.69, 9.17) is 14.2 Å². The van der Waals surface area contributed by atoms with Gasteiger partial charge in [0, 0.05) is 12.3 Å². The van der Waals surface area contributed by atoms with Gasteiger partial charge in [-0.1, -0.05) is 20.3 Å². The molecule has 4 nitrogen and oxygen atoms in total. The van der Waals surface area contributed by atoms with Gasteiger partial charge in [-0.2, -0.15) is 0 Å². The van der Waals surface area contributed by atoms with Gasteiger partial charge in [-0.3, -0.25) is 0 Å². The molecule has 0 aromatic rings. The van der Waals surface area contributed by atoms with Crippen LogP contribution in [0.4, 0.5) is 0 Å². The van der Waals surface area contributed by atoms with Crippen molar-refractivity contribution in [3.05, 3.63) is 0 Å².